The van der Waals surface area contributed by atoms with Crippen LogP contribution in [0, 0.1) is 55.3 Å². The molecule has 2 unspecified atom stereocenters. The van der Waals surface area contributed by atoms with Gasteiger partial charge in [-0.05, 0) is 74.4 Å². The maximum Gasteiger partial charge on any atom is 0.241 e. The zero-order valence-electron chi connectivity index (χ0n) is 26.4. The zero-order chi connectivity index (χ0) is 31.2. The third-order valence-corrected chi connectivity index (χ3v) is 14.1. The molecule has 0 aliphatic heterocycles. The second-order valence-corrected chi connectivity index (χ2v) is 19.5. The molecule has 1 N–H and O–H groups in total. The van der Waals surface area contributed by atoms with E-state index in [4.69, 9.17) is 4.43 Å². The number of nitrogens with zero attached hydrogens (tertiary/aromatic N) is 2. The van der Waals surface area contributed by atoms with Gasteiger partial charge in [-0.1, -0.05) is 94.8 Å². The molecule has 0 aliphatic rings. The summed E-state index contributed by atoms with van der Waals surface area (Å²) in [4.78, 5) is 0.276. The van der Waals surface area contributed by atoms with Crippen LogP contribution in [-0.4, -0.2) is 28.4 Å². The van der Waals surface area contributed by atoms with E-state index in [0.29, 0.717) is 24.0 Å². The minimum atomic E-state index is -3.88. The maximum absolute atomic E-state index is 13.7. The van der Waals surface area contributed by atoms with Gasteiger partial charge in [-0.2, -0.15) is 10.5 Å². The van der Waals surface area contributed by atoms with Crippen molar-refractivity contribution in [3.63, 3.8) is 0 Å². The Balaban J connectivity index is 2.60. The van der Waals surface area contributed by atoms with Gasteiger partial charge in [-0.25, -0.2) is 13.1 Å². The van der Waals surface area contributed by atoms with Crippen LogP contribution in [0.1, 0.15) is 63.3 Å². The van der Waals surface area contributed by atoms with Gasteiger partial charge in [0.05, 0.1) is 4.90 Å². The number of nitrogens with one attached hydrogen (secondary N) is 1. The Bertz CT molecular complexity index is 1380. The van der Waals surface area contributed by atoms with Crippen LogP contribution < -0.4 is 4.72 Å². The predicted octanol–water partition coefficient (Wildman–Crippen LogP) is 7.53. The van der Waals surface area contributed by atoms with Crippen molar-refractivity contribution >= 4 is 18.3 Å². The van der Waals surface area contributed by atoms with Gasteiger partial charge in [0, 0.05) is 12.0 Å². The first-order valence-corrected chi connectivity index (χ1v) is 18.6. The number of hydrogen-bond donors (Lipinski definition) is 1. The number of rotatable bonds is 12. The highest BCUT2D eigenvalue weighted by Gasteiger charge is 2.49. The molecule has 2 rings (SSSR count). The molecule has 0 aliphatic carbocycles. The Morgan fingerprint density at radius 1 is 0.976 bits per heavy atom. The van der Waals surface area contributed by atoms with E-state index in [0.717, 1.165) is 11.1 Å². The lowest BCUT2D eigenvalue weighted by molar-refractivity contribution is 0.110. The summed E-state index contributed by atoms with van der Waals surface area (Å²) in [7, 11) is -6.38. The Morgan fingerprint density at radius 3 is 1.98 bits per heavy atom. The molecule has 0 heterocycles. The van der Waals surface area contributed by atoms with E-state index in [9.17, 15) is 18.9 Å². The smallest absolute Gasteiger partial charge is 0.241 e. The summed E-state index contributed by atoms with van der Waals surface area (Å²) in [6, 6.07) is 17.3. The summed E-state index contributed by atoms with van der Waals surface area (Å²) in [6.45, 7) is 19.9. The van der Waals surface area contributed by atoms with Gasteiger partial charge in [0.25, 0.3) is 0 Å². The summed E-state index contributed by atoms with van der Waals surface area (Å²) < 4.78 is 37.0. The summed E-state index contributed by atoms with van der Waals surface area (Å²) >= 11 is 0. The van der Waals surface area contributed by atoms with Crippen molar-refractivity contribution in [1.29, 1.82) is 10.5 Å². The molecule has 2 atom stereocenters. The van der Waals surface area contributed by atoms with Crippen LogP contribution >= 0.6 is 0 Å². The molecule has 0 radical (unpaired) electrons. The zero-order valence-corrected chi connectivity index (χ0v) is 28.2. The van der Waals surface area contributed by atoms with Gasteiger partial charge in [0.15, 0.2) is 8.32 Å². The molecule has 0 saturated carbocycles. The molecular formula is C33H47N3O3SSi. The summed E-state index contributed by atoms with van der Waals surface area (Å²) in [5, 5.41) is 20.6. The Labute approximate surface area is 249 Å². The molecule has 2 aromatic rings. The van der Waals surface area contributed by atoms with Crippen LogP contribution in [0.5, 0.6) is 0 Å². The summed E-state index contributed by atoms with van der Waals surface area (Å²) in [5.41, 5.74) is 1.65. The molecule has 0 saturated heterocycles. The average Bonchev–Trinajstić information content (AvgIpc) is 2.83. The van der Waals surface area contributed by atoms with E-state index in [1.54, 1.807) is 6.08 Å². The Morgan fingerprint density at radius 2 is 1.51 bits per heavy atom. The number of benzene rings is 2. The topological polar surface area (TPSA) is 103 Å². The first-order chi connectivity index (χ1) is 18.9. The SMILES string of the molecule is Cc1cc(C)c(S(=O)(=O)NC(/C=C/C(CC(C)C)C(C#N)(C#N)O[Si](C)(C)C(C)(C)C)Cc2ccccc2)c(C)c1. The number of sulfonamides is 1. The van der Waals surface area contributed by atoms with Crippen LogP contribution in [0.15, 0.2) is 59.5 Å². The molecule has 2 aromatic carbocycles. The van der Waals surface area contributed by atoms with Crippen LogP contribution in [0.4, 0.5) is 0 Å². The Hall–Kier alpha value is -2.75. The van der Waals surface area contributed by atoms with E-state index >= 15 is 0 Å². The van der Waals surface area contributed by atoms with E-state index in [1.807, 2.05) is 96.3 Å². The summed E-state index contributed by atoms with van der Waals surface area (Å²) in [5.74, 6) is -0.381. The second kappa shape index (κ2) is 13.5. The van der Waals surface area contributed by atoms with Crippen LogP contribution in [0.3, 0.4) is 0 Å². The first-order valence-electron chi connectivity index (χ1n) is 14.2. The van der Waals surface area contributed by atoms with Gasteiger partial charge in [-0.15, -0.1) is 0 Å². The van der Waals surface area contributed by atoms with Crippen molar-refractivity contribution < 1.29 is 12.8 Å². The second-order valence-electron chi connectivity index (χ2n) is 13.1. The highest BCUT2D eigenvalue weighted by atomic mass is 32.2. The van der Waals surface area contributed by atoms with Gasteiger partial charge in [0.1, 0.15) is 12.1 Å². The van der Waals surface area contributed by atoms with Crippen molar-refractivity contribution in [1.82, 2.24) is 4.72 Å². The number of aryl methyl sites for hydroxylation is 3. The normalized spacial score (nSPS) is 14.6. The van der Waals surface area contributed by atoms with Crippen LogP contribution in [0.25, 0.3) is 0 Å². The highest BCUT2D eigenvalue weighted by molar-refractivity contribution is 7.89. The fourth-order valence-corrected chi connectivity index (χ4v) is 7.89. The predicted molar refractivity (Wildman–Crippen MR) is 169 cm³/mol. The number of nitriles is 2. The molecule has 8 heteroatoms. The monoisotopic (exact) mass is 593 g/mol. The first kappa shape index (κ1) is 34.4. The van der Waals surface area contributed by atoms with Crippen molar-refractivity contribution in [2.24, 2.45) is 11.8 Å². The van der Waals surface area contributed by atoms with E-state index in [2.05, 4.69) is 37.6 Å². The van der Waals surface area contributed by atoms with E-state index in [1.165, 1.54) is 0 Å². The van der Waals surface area contributed by atoms with Gasteiger partial charge >= 0.3 is 0 Å². The quantitative estimate of drug-likeness (QED) is 0.202. The third-order valence-electron chi connectivity index (χ3n) is 7.86. The van der Waals surface area contributed by atoms with E-state index in [-0.39, 0.29) is 15.9 Å². The van der Waals surface area contributed by atoms with Crippen LogP contribution in [-0.2, 0) is 20.9 Å². The van der Waals surface area contributed by atoms with Crippen LogP contribution in [0.2, 0.25) is 18.1 Å². The van der Waals surface area contributed by atoms with E-state index < -0.39 is 35.9 Å². The molecule has 0 amide bonds. The lowest BCUT2D eigenvalue weighted by Gasteiger charge is -2.42. The summed E-state index contributed by atoms with van der Waals surface area (Å²) in [6.07, 6.45) is 4.57. The lowest BCUT2D eigenvalue weighted by Crippen LogP contribution is -2.52. The van der Waals surface area contributed by atoms with Gasteiger partial charge in [-0.3, -0.25) is 0 Å². The Kier molecular flexibility index (Phi) is 11.3. The molecule has 41 heavy (non-hydrogen) atoms. The van der Waals surface area contributed by atoms with Crippen molar-refractivity contribution in [3.8, 4) is 12.1 Å². The minimum absolute atomic E-state index is 0.177. The molecule has 0 aromatic heterocycles. The lowest BCUT2D eigenvalue weighted by atomic mass is 9.82. The highest BCUT2D eigenvalue weighted by Crippen LogP contribution is 2.42. The van der Waals surface area contributed by atoms with Crippen molar-refractivity contribution in [3.05, 3.63) is 76.9 Å². The van der Waals surface area contributed by atoms with Gasteiger partial charge in [0.2, 0.25) is 15.6 Å². The maximum atomic E-state index is 13.7. The standard InChI is InChI=1S/C33H47N3O3SSi/c1-24(2)18-29(33(22-34,23-35)39-41(9,10)32(6,7)8)16-17-30(21-28-14-12-11-13-15-28)36-40(37,38)31-26(4)19-25(3)20-27(31)5/h11-17,19-20,24,29-30,36H,18,21H2,1-10H3/b17-16+. The average molecular weight is 594 g/mol. The minimum Gasteiger partial charge on any atom is -0.388 e. The molecule has 0 fully saturated rings. The van der Waals surface area contributed by atoms with Crippen molar-refractivity contribution in [2.75, 3.05) is 0 Å². The number of hydrogen-bond acceptors (Lipinski definition) is 5. The fourth-order valence-electron chi connectivity index (χ4n) is 4.89. The van der Waals surface area contributed by atoms with Crippen molar-refractivity contribution in [2.45, 2.75) is 103 Å². The molecular weight excluding hydrogens is 547 g/mol. The molecule has 0 spiro atoms. The fraction of sp³-hybridized carbons (Fsp3) is 0.515. The molecule has 222 valence electrons. The third kappa shape index (κ3) is 8.87. The largest absolute Gasteiger partial charge is 0.388 e. The molecule has 0 bridgehead atoms. The van der Waals surface area contributed by atoms with Gasteiger partial charge < -0.3 is 4.43 Å². The molecule has 6 nitrogen and oxygen atoms in total.